The van der Waals surface area contributed by atoms with Crippen molar-refractivity contribution in [2.45, 2.75) is 65.5 Å². The maximum atomic E-state index is 12.2. The molecular formula is C17H27N3O. The minimum Gasteiger partial charge on any atom is -0.353 e. The molecule has 1 aromatic rings. The lowest BCUT2D eigenvalue weighted by Crippen LogP contribution is -2.40. The maximum absolute atomic E-state index is 12.2. The first-order valence-corrected chi connectivity index (χ1v) is 8.33. The van der Waals surface area contributed by atoms with Gasteiger partial charge in [0, 0.05) is 24.7 Å². The Bertz CT molecular complexity index is 522. The highest BCUT2D eigenvalue weighted by atomic mass is 16.1. The standard InChI is InChI=1S/C17H27N3O/c1-11-8-12(2)20(19-11)7-6-17(21)18-13(3)16-10-14-4-5-15(16)9-14/h8,13-16H,4-7,9-10H2,1-3H3,(H,18,21)/t13-,14+,15+,16-/m1/s1. The Morgan fingerprint density at radius 3 is 2.81 bits per heavy atom. The topological polar surface area (TPSA) is 46.9 Å². The summed E-state index contributed by atoms with van der Waals surface area (Å²) in [5.74, 6) is 2.68. The number of amides is 1. The third-order valence-corrected chi connectivity index (χ3v) is 5.48. The van der Waals surface area contributed by atoms with Crippen LogP contribution in [0.5, 0.6) is 0 Å². The Hall–Kier alpha value is -1.32. The average molecular weight is 289 g/mol. The van der Waals surface area contributed by atoms with Crippen LogP contribution in [0.2, 0.25) is 0 Å². The third kappa shape index (κ3) is 3.14. The minimum absolute atomic E-state index is 0.165. The van der Waals surface area contributed by atoms with Crippen molar-refractivity contribution in [3.63, 3.8) is 0 Å². The van der Waals surface area contributed by atoms with E-state index in [-0.39, 0.29) is 5.91 Å². The number of fused-ring (bicyclic) bond motifs is 2. The molecule has 0 saturated heterocycles. The lowest BCUT2D eigenvalue weighted by atomic mass is 9.84. The second kappa shape index (κ2) is 5.82. The van der Waals surface area contributed by atoms with Gasteiger partial charge in [-0.1, -0.05) is 6.42 Å². The molecule has 4 heteroatoms. The van der Waals surface area contributed by atoms with Crippen LogP contribution in [0.4, 0.5) is 0 Å². The monoisotopic (exact) mass is 289 g/mol. The largest absolute Gasteiger partial charge is 0.353 e. The molecule has 0 aromatic carbocycles. The minimum atomic E-state index is 0.165. The van der Waals surface area contributed by atoms with Crippen molar-refractivity contribution in [2.75, 3.05) is 0 Å². The summed E-state index contributed by atoms with van der Waals surface area (Å²) in [7, 11) is 0. The van der Waals surface area contributed by atoms with Crippen molar-refractivity contribution in [3.8, 4) is 0 Å². The van der Waals surface area contributed by atoms with Gasteiger partial charge < -0.3 is 5.32 Å². The molecule has 3 rings (SSSR count). The molecule has 2 aliphatic carbocycles. The molecule has 2 bridgehead atoms. The highest BCUT2D eigenvalue weighted by Crippen LogP contribution is 2.49. The van der Waals surface area contributed by atoms with Crippen molar-refractivity contribution >= 4 is 5.91 Å². The zero-order chi connectivity index (χ0) is 15.0. The van der Waals surface area contributed by atoms with E-state index in [0.29, 0.717) is 24.9 Å². The number of rotatable bonds is 5. The van der Waals surface area contributed by atoms with Gasteiger partial charge in [0.25, 0.3) is 0 Å². The molecule has 1 heterocycles. The number of hydrogen-bond acceptors (Lipinski definition) is 2. The first-order chi connectivity index (χ1) is 10.0. The van der Waals surface area contributed by atoms with Gasteiger partial charge >= 0.3 is 0 Å². The summed E-state index contributed by atoms with van der Waals surface area (Å²) in [4.78, 5) is 12.2. The van der Waals surface area contributed by atoms with Crippen LogP contribution in [0, 0.1) is 31.6 Å². The lowest BCUT2D eigenvalue weighted by Gasteiger charge is -2.28. The average Bonchev–Trinajstić information content (AvgIpc) is 3.12. The first kappa shape index (κ1) is 14.6. The summed E-state index contributed by atoms with van der Waals surface area (Å²) in [5.41, 5.74) is 2.14. The van der Waals surface area contributed by atoms with Crippen LogP contribution in [0.1, 0.15) is 50.4 Å². The fourth-order valence-electron chi connectivity index (χ4n) is 4.45. The van der Waals surface area contributed by atoms with Crippen LogP contribution in [-0.2, 0) is 11.3 Å². The summed E-state index contributed by atoms with van der Waals surface area (Å²) in [6.07, 6.45) is 6.04. The second-order valence-corrected chi connectivity index (χ2v) is 7.10. The highest BCUT2D eigenvalue weighted by molar-refractivity contribution is 5.76. The molecule has 21 heavy (non-hydrogen) atoms. The van der Waals surface area contributed by atoms with Crippen molar-refractivity contribution < 1.29 is 4.79 Å². The van der Waals surface area contributed by atoms with Crippen LogP contribution >= 0.6 is 0 Å². The lowest BCUT2D eigenvalue weighted by molar-refractivity contribution is -0.122. The van der Waals surface area contributed by atoms with Crippen molar-refractivity contribution in [2.24, 2.45) is 17.8 Å². The predicted molar refractivity (Wildman–Crippen MR) is 82.9 cm³/mol. The van der Waals surface area contributed by atoms with Crippen molar-refractivity contribution in [1.82, 2.24) is 15.1 Å². The van der Waals surface area contributed by atoms with Gasteiger partial charge in [0.2, 0.25) is 5.91 Å². The first-order valence-electron chi connectivity index (χ1n) is 8.33. The quantitative estimate of drug-likeness (QED) is 0.906. The van der Waals surface area contributed by atoms with Gasteiger partial charge in [-0.25, -0.2) is 0 Å². The van der Waals surface area contributed by atoms with E-state index in [4.69, 9.17) is 0 Å². The maximum Gasteiger partial charge on any atom is 0.222 e. The summed E-state index contributed by atoms with van der Waals surface area (Å²) in [6.45, 7) is 6.89. The van der Waals surface area contributed by atoms with E-state index in [1.165, 1.54) is 25.7 Å². The normalized spacial score (nSPS) is 28.8. The van der Waals surface area contributed by atoms with E-state index < -0.39 is 0 Å². The third-order valence-electron chi connectivity index (χ3n) is 5.48. The molecule has 0 aliphatic heterocycles. The molecule has 2 fully saturated rings. The zero-order valence-corrected chi connectivity index (χ0v) is 13.4. The molecule has 0 unspecified atom stereocenters. The Kier molecular flexibility index (Phi) is 4.05. The smallest absolute Gasteiger partial charge is 0.222 e. The second-order valence-electron chi connectivity index (χ2n) is 7.10. The number of aromatic nitrogens is 2. The molecular weight excluding hydrogens is 262 g/mol. The van der Waals surface area contributed by atoms with Gasteiger partial charge in [0.05, 0.1) is 5.69 Å². The van der Waals surface area contributed by atoms with E-state index in [2.05, 4.69) is 23.4 Å². The number of carbonyl (C=O) groups is 1. The molecule has 4 atom stereocenters. The van der Waals surface area contributed by atoms with Crippen molar-refractivity contribution in [1.29, 1.82) is 0 Å². The SMILES string of the molecule is Cc1cc(C)n(CCC(=O)N[C@H](C)[C@H]2C[C@H]3CC[C@H]2C3)n1. The van der Waals surface area contributed by atoms with Gasteiger partial charge in [-0.15, -0.1) is 0 Å². The van der Waals surface area contributed by atoms with E-state index >= 15 is 0 Å². The molecule has 1 aromatic heterocycles. The molecule has 2 aliphatic rings. The number of nitrogens with zero attached hydrogens (tertiary/aromatic N) is 2. The Balaban J connectivity index is 1.47. The number of hydrogen-bond donors (Lipinski definition) is 1. The van der Waals surface area contributed by atoms with E-state index in [1.54, 1.807) is 0 Å². The van der Waals surface area contributed by atoms with E-state index in [0.717, 1.165) is 23.2 Å². The Labute approximate surface area is 127 Å². The predicted octanol–water partition coefficient (Wildman–Crippen LogP) is 2.83. The van der Waals surface area contributed by atoms with Gasteiger partial charge in [-0.3, -0.25) is 9.48 Å². The van der Waals surface area contributed by atoms with Crippen LogP contribution in [-0.4, -0.2) is 21.7 Å². The fourth-order valence-corrected chi connectivity index (χ4v) is 4.45. The van der Waals surface area contributed by atoms with E-state index in [1.807, 2.05) is 18.5 Å². The molecule has 1 N–H and O–H groups in total. The van der Waals surface area contributed by atoms with Gasteiger partial charge in [-0.2, -0.15) is 5.10 Å². The van der Waals surface area contributed by atoms with Gasteiger partial charge in [-0.05, 0) is 63.9 Å². The highest BCUT2D eigenvalue weighted by Gasteiger charge is 2.42. The summed E-state index contributed by atoms with van der Waals surface area (Å²) < 4.78 is 1.93. The number of carbonyl (C=O) groups excluding carboxylic acids is 1. The summed E-state index contributed by atoms with van der Waals surface area (Å²) in [6, 6.07) is 2.38. The zero-order valence-electron chi connectivity index (χ0n) is 13.4. The molecule has 2 saturated carbocycles. The van der Waals surface area contributed by atoms with Gasteiger partial charge in [0.15, 0.2) is 0 Å². The number of aryl methyl sites for hydroxylation is 3. The van der Waals surface area contributed by atoms with Crippen LogP contribution in [0.15, 0.2) is 6.07 Å². The Morgan fingerprint density at radius 1 is 1.43 bits per heavy atom. The van der Waals surface area contributed by atoms with Crippen LogP contribution in [0.3, 0.4) is 0 Å². The van der Waals surface area contributed by atoms with E-state index in [9.17, 15) is 4.79 Å². The number of nitrogens with one attached hydrogen (secondary N) is 1. The molecule has 0 spiro atoms. The summed E-state index contributed by atoms with van der Waals surface area (Å²) in [5, 5.41) is 7.63. The molecule has 1 amide bonds. The molecule has 0 radical (unpaired) electrons. The van der Waals surface area contributed by atoms with Gasteiger partial charge in [0.1, 0.15) is 0 Å². The molecule has 116 valence electrons. The fraction of sp³-hybridized carbons (Fsp3) is 0.765. The van der Waals surface area contributed by atoms with Crippen molar-refractivity contribution in [3.05, 3.63) is 17.5 Å². The molecule has 4 nitrogen and oxygen atoms in total. The summed E-state index contributed by atoms with van der Waals surface area (Å²) >= 11 is 0. The van der Waals surface area contributed by atoms with Crippen LogP contribution in [0.25, 0.3) is 0 Å². The van der Waals surface area contributed by atoms with Crippen LogP contribution < -0.4 is 5.32 Å². The Morgan fingerprint density at radius 2 is 2.24 bits per heavy atom.